The first-order chi connectivity index (χ1) is 11.9. The Hall–Kier alpha value is -2.37. The van der Waals surface area contributed by atoms with Crippen molar-refractivity contribution in [1.82, 2.24) is 10.4 Å². The van der Waals surface area contributed by atoms with Crippen molar-refractivity contribution in [1.29, 1.82) is 0 Å². The van der Waals surface area contributed by atoms with Crippen molar-refractivity contribution in [3.8, 4) is 5.75 Å². The van der Waals surface area contributed by atoms with Crippen LogP contribution in [-0.4, -0.2) is 39.3 Å². The fraction of sp³-hybridized carbons (Fsp3) is 0.267. The van der Waals surface area contributed by atoms with Gasteiger partial charge in [0.2, 0.25) is 0 Å². The first kappa shape index (κ1) is 19.0. The van der Waals surface area contributed by atoms with E-state index in [9.17, 15) is 9.59 Å². The average Bonchev–Trinajstić information content (AvgIpc) is 2.86. The molecule has 0 bridgehead atoms. The minimum absolute atomic E-state index is 0.0404. The Labute approximate surface area is 147 Å². The molecule has 9 nitrogen and oxygen atoms in total. The van der Waals surface area contributed by atoms with Crippen LogP contribution in [0.2, 0.25) is 0 Å². The molecule has 0 radical (unpaired) electrons. The molecule has 0 atom stereocenters. The van der Waals surface area contributed by atoms with Crippen LogP contribution >= 0.6 is 11.3 Å². The van der Waals surface area contributed by atoms with Crippen LogP contribution in [0.4, 0.5) is 5.13 Å². The highest BCUT2D eigenvalue weighted by molar-refractivity contribution is 7.15. The van der Waals surface area contributed by atoms with Gasteiger partial charge in [-0.15, -0.1) is 11.3 Å². The molecule has 1 heterocycles. The van der Waals surface area contributed by atoms with E-state index in [2.05, 4.69) is 15.1 Å². The number of benzene rings is 1. The number of amides is 1. The van der Waals surface area contributed by atoms with Crippen molar-refractivity contribution in [2.75, 3.05) is 11.9 Å². The number of carbonyl (C=O) groups excluding carboxylic acids is 2. The van der Waals surface area contributed by atoms with E-state index in [0.29, 0.717) is 17.2 Å². The summed E-state index contributed by atoms with van der Waals surface area (Å²) >= 11 is 1.24. The highest BCUT2D eigenvalue weighted by atomic mass is 32.1. The number of aromatic nitrogens is 1. The number of para-hydroxylation sites is 1. The van der Waals surface area contributed by atoms with Gasteiger partial charge in [-0.2, -0.15) is 0 Å². The molecule has 0 spiro atoms. The zero-order valence-electron chi connectivity index (χ0n) is 13.6. The smallest absolute Gasteiger partial charge is 0.308 e. The highest BCUT2D eigenvalue weighted by Gasteiger charge is 2.16. The predicted octanol–water partition coefficient (Wildman–Crippen LogP) is 2.18. The quantitative estimate of drug-likeness (QED) is 0.387. The number of rotatable bonds is 7. The van der Waals surface area contributed by atoms with Gasteiger partial charge in [-0.1, -0.05) is 12.1 Å². The van der Waals surface area contributed by atoms with Gasteiger partial charge in [-0.25, -0.2) is 4.98 Å². The number of hydrogen-bond acceptors (Lipinski definition) is 9. The van der Waals surface area contributed by atoms with Gasteiger partial charge in [0, 0.05) is 18.2 Å². The van der Waals surface area contributed by atoms with Gasteiger partial charge in [-0.3, -0.25) is 30.2 Å². The molecule has 1 aromatic heterocycles. The molecule has 1 aromatic carbocycles. The van der Waals surface area contributed by atoms with E-state index in [1.54, 1.807) is 25.1 Å². The number of nitrogens with one attached hydrogen (secondary N) is 1. The monoisotopic (exact) mass is 367 g/mol. The van der Waals surface area contributed by atoms with Gasteiger partial charge in [-0.05, 0) is 19.1 Å². The Kier molecular flexibility index (Phi) is 6.56. The lowest BCUT2D eigenvalue weighted by molar-refractivity contribution is -0.492. The molecular formula is C15H17N3O6S. The van der Waals surface area contributed by atoms with Crippen LogP contribution in [-0.2, 0) is 16.1 Å². The third kappa shape index (κ3) is 5.59. The number of esters is 1. The molecular weight excluding hydrogens is 350 g/mol. The first-order valence-corrected chi connectivity index (χ1v) is 8.04. The minimum Gasteiger partial charge on any atom is -0.426 e. The molecule has 0 aliphatic heterocycles. The van der Waals surface area contributed by atoms with E-state index in [-0.39, 0.29) is 23.3 Å². The average molecular weight is 367 g/mol. The maximum absolute atomic E-state index is 12.4. The Morgan fingerprint density at radius 2 is 2.04 bits per heavy atom. The third-order valence-corrected chi connectivity index (χ3v) is 4.17. The van der Waals surface area contributed by atoms with Gasteiger partial charge in [0.1, 0.15) is 5.75 Å². The van der Waals surface area contributed by atoms with Gasteiger partial charge in [0.15, 0.2) is 5.13 Å². The second kappa shape index (κ2) is 8.65. The van der Waals surface area contributed by atoms with Crippen LogP contribution in [0.5, 0.6) is 5.75 Å². The topological polar surface area (TPSA) is 121 Å². The zero-order chi connectivity index (χ0) is 18.4. The number of anilines is 1. The zero-order valence-corrected chi connectivity index (χ0v) is 14.4. The molecule has 0 saturated heterocycles. The molecule has 0 unspecified atom stereocenters. The van der Waals surface area contributed by atoms with E-state index in [1.807, 2.05) is 0 Å². The normalized spacial score (nSPS) is 10.8. The summed E-state index contributed by atoms with van der Waals surface area (Å²) in [7, 11) is 0. The Morgan fingerprint density at radius 3 is 2.72 bits per heavy atom. The Bertz CT molecular complexity index is 761. The SMILES string of the molecule is CC(=O)Oc1ccccc1C(=O)Nc1nc(C)c(CCON(O)O)s1. The molecule has 2 rings (SSSR count). The Balaban J connectivity index is 2.07. The van der Waals surface area contributed by atoms with E-state index in [1.165, 1.54) is 24.3 Å². The maximum atomic E-state index is 12.4. The second-order valence-electron chi connectivity index (χ2n) is 4.91. The van der Waals surface area contributed by atoms with Crippen molar-refractivity contribution < 1.29 is 29.6 Å². The molecule has 2 aromatic rings. The van der Waals surface area contributed by atoms with Gasteiger partial charge >= 0.3 is 5.97 Å². The van der Waals surface area contributed by atoms with E-state index in [0.717, 1.165) is 4.88 Å². The molecule has 0 saturated carbocycles. The van der Waals surface area contributed by atoms with Crippen LogP contribution < -0.4 is 10.1 Å². The van der Waals surface area contributed by atoms with Crippen molar-refractivity contribution in [2.24, 2.45) is 0 Å². The largest absolute Gasteiger partial charge is 0.426 e. The van der Waals surface area contributed by atoms with Crippen LogP contribution in [0, 0.1) is 6.92 Å². The van der Waals surface area contributed by atoms with Crippen molar-refractivity contribution in [3.05, 3.63) is 40.4 Å². The highest BCUT2D eigenvalue weighted by Crippen LogP contribution is 2.25. The van der Waals surface area contributed by atoms with Gasteiger partial charge in [0.25, 0.3) is 5.91 Å². The number of nitrogens with zero attached hydrogens (tertiary/aromatic N) is 2. The number of carbonyl (C=O) groups is 2. The van der Waals surface area contributed by atoms with Gasteiger partial charge in [0.05, 0.1) is 23.3 Å². The van der Waals surface area contributed by atoms with E-state index >= 15 is 0 Å². The summed E-state index contributed by atoms with van der Waals surface area (Å²) in [5.74, 6) is -0.805. The van der Waals surface area contributed by atoms with Crippen molar-refractivity contribution in [3.63, 3.8) is 0 Å². The van der Waals surface area contributed by atoms with Crippen molar-refractivity contribution >= 4 is 28.3 Å². The molecule has 10 heteroatoms. The summed E-state index contributed by atoms with van der Waals surface area (Å²) in [5.41, 5.74) is 0.909. The molecule has 25 heavy (non-hydrogen) atoms. The van der Waals surface area contributed by atoms with Crippen molar-refractivity contribution in [2.45, 2.75) is 20.3 Å². The lowest BCUT2D eigenvalue weighted by Crippen LogP contribution is -2.16. The number of ether oxygens (including phenoxy) is 1. The molecule has 134 valence electrons. The number of aryl methyl sites for hydroxylation is 1. The van der Waals surface area contributed by atoms with Crippen LogP contribution in [0.25, 0.3) is 0 Å². The lowest BCUT2D eigenvalue weighted by Gasteiger charge is -2.07. The molecule has 3 N–H and O–H groups in total. The second-order valence-corrected chi connectivity index (χ2v) is 5.99. The summed E-state index contributed by atoms with van der Waals surface area (Å²) in [6.07, 6.45) is 0.390. The summed E-state index contributed by atoms with van der Waals surface area (Å²) in [6, 6.07) is 6.39. The Morgan fingerprint density at radius 1 is 1.32 bits per heavy atom. The lowest BCUT2D eigenvalue weighted by atomic mass is 10.2. The van der Waals surface area contributed by atoms with E-state index in [4.69, 9.17) is 15.2 Å². The maximum Gasteiger partial charge on any atom is 0.308 e. The van der Waals surface area contributed by atoms with Crippen LogP contribution in [0.15, 0.2) is 24.3 Å². The molecule has 1 amide bonds. The van der Waals surface area contributed by atoms with Crippen LogP contribution in [0.1, 0.15) is 27.9 Å². The van der Waals surface area contributed by atoms with Gasteiger partial charge < -0.3 is 4.74 Å². The molecule has 0 aliphatic rings. The molecule has 0 fully saturated rings. The summed E-state index contributed by atoms with van der Waals surface area (Å²) < 4.78 is 5.02. The fourth-order valence-electron chi connectivity index (χ4n) is 2.00. The minimum atomic E-state index is -0.519. The predicted molar refractivity (Wildman–Crippen MR) is 87.6 cm³/mol. The fourth-order valence-corrected chi connectivity index (χ4v) is 2.93. The summed E-state index contributed by atoms with van der Waals surface area (Å²) in [5, 5.41) is 19.7. The summed E-state index contributed by atoms with van der Waals surface area (Å²) in [4.78, 5) is 33.1. The molecule has 0 aliphatic carbocycles. The number of thiazole rings is 1. The summed E-state index contributed by atoms with van der Waals surface area (Å²) in [6.45, 7) is 3.07. The first-order valence-electron chi connectivity index (χ1n) is 7.22. The number of hydrogen-bond donors (Lipinski definition) is 3. The standard InChI is InChI=1S/C15H17N3O6S/c1-9-13(7-8-23-18(21)22)25-15(16-9)17-14(20)11-5-3-4-6-12(11)24-10(2)19/h3-6,21-22H,7-8H2,1-2H3,(H,16,17,20). The third-order valence-electron chi connectivity index (χ3n) is 3.03. The van der Waals surface area contributed by atoms with Crippen LogP contribution in [0.3, 0.4) is 0 Å². The van der Waals surface area contributed by atoms with E-state index < -0.39 is 11.9 Å².